The smallest absolute Gasteiger partial charge is 0.106 e. The molecule has 4 nitrogen and oxygen atoms in total. The molecular weight excluding hydrogens is 504 g/mol. The number of nitrogens with zero attached hydrogens (tertiary/aromatic N) is 2. The molecule has 3 rings (SSSR count). The fourth-order valence-electron chi connectivity index (χ4n) is 2.32. The minimum Gasteiger partial charge on any atom is -0.393 e. The van der Waals surface area contributed by atoms with Gasteiger partial charge in [-0.15, -0.1) is 35.9 Å². The van der Waals surface area contributed by atoms with E-state index in [0.717, 1.165) is 22.5 Å². The first-order chi connectivity index (χ1) is 12.1. The maximum atomic E-state index is 8.56. The number of aromatic nitrogens is 2. The first-order valence-corrected chi connectivity index (χ1v) is 8.27. The van der Waals surface area contributed by atoms with Gasteiger partial charge < -0.3 is 10.2 Å². The molecular formula is C21H23IrN2O2-. The topological polar surface area (TPSA) is 66.2 Å². The van der Waals surface area contributed by atoms with E-state index in [1.807, 2.05) is 60.7 Å². The van der Waals surface area contributed by atoms with Crippen LogP contribution in [-0.4, -0.2) is 32.4 Å². The molecule has 0 saturated heterocycles. The van der Waals surface area contributed by atoms with E-state index >= 15 is 0 Å². The first kappa shape index (κ1) is 22.1. The van der Waals surface area contributed by atoms with Crippen LogP contribution in [0.5, 0.6) is 0 Å². The van der Waals surface area contributed by atoms with E-state index in [1.165, 1.54) is 0 Å². The Labute approximate surface area is 168 Å². The molecule has 0 aliphatic carbocycles. The van der Waals surface area contributed by atoms with Crippen LogP contribution in [0.15, 0.2) is 67.0 Å². The molecule has 3 aromatic rings. The molecule has 0 fully saturated rings. The molecule has 1 aromatic heterocycles. The first-order valence-electron chi connectivity index (χ1n) is 8.27. The number of hydrogen-bond acceptors (Lipinski definition) is 4. The average molecular weight is 528 g/mol. The fourth-order valence-corrected chi connectivity index (χ4v) is 2.32. The van der Waals surface area contributed by atoms with Crippen LogP contribution in [0, 0.1) is 6.07 Å². The monoisotopic (exact) mass is 528 g/mol. The molecule has 2 atom stereocenters. The fraction of sp³-hybridized carbons (Fsp3) is 0.238. The number of aliphatic hydroxyl groups excluding tert-OH is 2. The van der Waals surface area contributed by atoms with Crippen LogP contribution in [-0.2, 0) is 20.1 Å². The zero-order chi connectivity index (χ0) is 18.1. The number of aliphatic hydroxyl groups is 2. The summed E-state index contributed by atoms with van der Waals surface area (Å²) in [7, 11) is 0. The Morgan fingerprint density at radius 2 is 1.50 bits per heavy atom. The second-order valence-corrected chi connectivity index (χ2v) is 5.86. The van der Waals surface area contributed by atoms with Crippen molar-refractivity contribution >= 4 is 0 Å². The summed E-state index contributed by atoms with van der Waals surface area (Å²) < 4.78 is 0. The summed E-state index contributed by atoms with van der Waals surface area (Å²) in [5.74, 6) is 0. The number of rotatable bonds is 4. The molecule has 0 bridgehead atoms. The standard InChI is InChI=1S/C16H11N2.C5H12O2.Ir/c1-3-7-13(8-4-1)15-11-16(18-12-17-15)14-9-5-2-6-10-14;1-4(6)3-5(2)7;/h1-9,11-12H;4-7H,3H2,1-2H3;/q-1;;. The number of hydrogen-bond donors (Lipinski definition) is 2. The van der Waals surface area contributed by atoms with Crippen LogP contribution in [0.2, 0.25) is 0 Å². The van der Waals surface area contributed by atoms with Crippen molar-refractivity contribution in [2.45, 2.75) is 32.5 Å². The second-order valence-electron chi connectivity index (χ2n) is 5.86. The zero-order valence-electron chi connectivity index (χ0n) is 14.8. The molecule has 0 spiro atoms. The molecule has 2 N–H and O–H groups in total. The summed E-state index contributed by atoms with van der Waals surface area (Å²) in [5, 5.41) is 17.1. The van der Waals surface area contributed by atoms with Gasteiger partial charge in [-0.25, -0.2) is 4.98 Å². The third kappa shape index (κ3) is 7.54. The van der Waals surface area contributed by atoms with Crippen molar-refractivity contribution in [3.05, 3.63) is 73.1 Å². The molecule has 1 heterocycles. The summed E-state index contributed by atoms with van der Waals surface area (Å²) >= 11 is 0. The Morgan fingerprint density at radius 3 is 2.04 bits per heavy atom. The van der Waals surface area contributed by atoms with Crippen molar-refractivity contribution in [1.82, 2.24) is 9.97 Å². The molecule has 0 aliphatic rings. The molecule has 0 amide bonds. The van der Waals surface area contributed by atoms with Crippen LogP contribution in [0.3, 0.4) is 0 Å². The molecule has 26 heavy (non-hydrogen) atoms. The van der Waals surface area contributed by atoms with Gasteiger partial charge in [0.2, 0.25) is 0 Å². The van der Waals surface area contributed by atoms with Gasteiger partial charge in [0.1, 0.15) is 6.33 Å². The van der Waals surface area contributed by atoms with Gasteiger partial charge in [0.15, 0.2) is 0 Å². The molecule has 2 aromatic carbocycles. The predicted octanol–water partition coefficient (Wildman–Crippen LogP) is 3.75. The van der Waals surface area contributed by atoms with E-state index in [2.05, 4.69) is 16.0 Å². The Kier molecular flexibility index (Phi) is 9.92. The van der Waals surface area contributed by atoms with Gasteiger partial charge in [0.25, 0.3) is 0 Å². The summed E-state index contributed by atoms with van der Waals surface area (Å²) in [6.07, 6.45) is 1.32. The van der Waals surface area contributed by atoms with Crippen molar-refractivity contribution in [2.24, 2.45) is 0 Å². The summed E-state index contributed by atoms with van der Waals surface area (Å²) in [4.78, 5) is 8.60. The summed E-state index contributed by atoms with van der Waals surface area (Å²) in [6.45, 7) is 3.32. The second kappa shape index (κ2) is 11.7. The third-order valence-electron chi connectivity index (χ3n) is 3.40. The van der Waals surface area contributed by atoms with Gasteiger partial charge in [-0.05, 0) is 31.5 Å². The van der Waals surface area contributed by atoms with E-state index in [1.54, 1.807) is 20.2 Å². The van der Waals surface area contributed by atoms with Crippen molar-refractivity contribution in [2.75, 3.05) is 0 Å². The van der Waals surface area contributed by atoms with E-state index < -0.39 is 0 Å². The SMILES string of the molecule is CC(O)CC(C)O.[Ir].[c-]1ccccc1-c1cc(-c2ccccc2)ncn1. The largest absolute Gasteiger partial charge is 0.393 e. The van der Waals surface area contributed by atoms with Crippen molar-refractivity contribution in [1.29, 1.82) is 0 Å². The Morgan fingerprint density at radius 1 is 0.885 bits per heavy atom. The quantitative estimate of drug-likeness (QED) is 0.508. The Bertz CT molecular complexity index is 689. The van der Waals surface area contributed by atoms with Gasteiger partial charge in [-0.2, -0.15) is 0 Å². The normalized spacial score (nSPS) is 12.2. The van der Waals surface area contributed by atoms with E-state index in [0.29, 0.717) is 6.42 Å². The zero-order valence-corrected chi connectivity index (χ0v) is 17.2. The van der Waals surface area contributed by atoms with Crippen LogP contribution in [0.4, 0.5) is 0 Å². The van der Waals surface area contributed by atoms with E-state index in [-0.39, 0.29) is 32.3 Å². The molecule has 139 valence electrons. The van der Waals surface area contributed by atoms with Crippen LogP contribution in [0.25, 0.3) is 22.5 Å². The van der Waals surface area contributed by atoms with E-state index in [9.17, 15) is 0 Å². The third-order valence-corrected chi connectivity index (χ3v) is 3.40. The Balaban J connectivity index is 0.000000366. The van der Waals surface area contributed by atoms with Crippen molar-refractivity contribution in [3.8, 4) is 22.5 Å². The van der Waals surface area contributed by atoms with Crippen LogP contribution >= 0.6 is 0 Å². The molecule has 5 heteroatoms. The Hall–Kier alpha value is -1.91. The van der Waals surface area contributed by atoms with Gasteiger partial charge in [-0.3, -0.25) is 4.98 Å². The molecule has 0 aliphatic heterocycles. The summed E-state index contributed by atoms with van der Waals surface area (Å²) in [5.41, 5.74) is 3.90. The molecule has 2 unspecified atom stereocenters. The minimum atomic E-state index is -0.375. The van der Waals surface area contributed by atoms with E-state index in [4.69, 9.17) is 10.2 Å². The molecule has 1 radical (unpaired) electrons. The maximum Gasteiger partial charge on any atom is 0.106 e. The van der Waals surface area contributed by atoms with Crippen LogP contribution in [0.1, 0.15) is 20.3 Å². The van der Waals surface area contributed by atoms with Gasteiger partial charge >= 0.3 is 0 Å². The van der Waals surface area contributed by atoms with Gasteiger partial charge in [-0.1, -0.05) is 36.4 Å². The average Bonchev–Trinajstić information content (AvgIpc) is 2.63. The van der Waals surface area contributed by atoms with Gasteiger partial charge in [0, 0.05) is 20.1 Å². The summed E-state index contributed by atoms with van der Waals surface area (Å²) in [6, 6.07) is 23.1. The maximum absolute atomic E-state index is 8.56. The van der Waals surface area contributed by atoms with Gasteiger partial charge in [0.05, 0.1) is 17.9 Å². The molecule has 0 saturated carbocycles. The van der Waals surface area contributed by atoms with Crippen LogP contribution < -0.4 is 0 Å². The van der Waals surface area contributed by atoms with Crippen molar-refractivity contribution in [3.63, 3.8) is 0 Å². The minimum absolute atomic E-state index is 0. The van der Waals surface area contributed by atoms with Crippen molar-refractivity contribution < 1.29 is 30.3 Å². The predicted molar refractivity (Wildman–Crippen MR) is 99.7 cm³/mol. The number of benzene rings is 2.